The highest BCUT2D eigenvalue weighted by molar-refractivity contribution is 5.80. The summed E-state index contributed by atoms with van der Waals surface area (Å²) in [5, 5.41) is 3.06. The molecule has 5 nitrogen and oxygen atoms in total. The second-order valence-corrected chi connectivity index (χ2v) is 6.26. The molecule has 1 fully saturated rings. The van der Waals surface area contributed by atoms with Crippen LogP contribution in [0, 0.1) is 5.92 Å². The van der Waals surface area contributed by atoms with Crippen molar-refractivity contribution in [2.75, 3.05) is 26.4 Å². The Hall–Kier alpha value is -0.940. The fourth-order valence-corrected chi connectivity index (χ4v) is 2.92. The maximum Gasteiger partial charge on any atom is 0.222 e. The van der Waals surface area contributed by atoms with Crippen LogP contribution in [0.15, 0.2) is 0 Å². The van der Waals surface area contributed by atoms with E-state index in [1.165, 1.54) is 0 Å². The van der Waals surface area contributed by atoms with E-state index < -0.39 is 0 Å². The molecule has 0 bridgehead atoms. The van der Waals surface area contributed by atoms with E-state index in [4.69, 9.17) is 9.47 Å². The van der Waals surface area contributed by atoms with Gasteiger partial charge in [0.05, 0.1) is 6.61 Å². The van der Waals surface area contributed by atoms with E-state index in [0.29, 0.717) is 31.8 Å². The van der Waals surface area contributed by atoms with Gasteiger partial charge in [-0.1, -0.05) is 27.7 Å². The largest absolute Gasteiger partial charge is 0.381 e. The van der Waals surface area contributed by atoms with Gasteiger partial charge >= 0.3 is 0 Å². The molecule has 0 heterocycles. The lowest BCUT2D eigenvalue weighted by Gasteiger charge is -2.28. The van der Waals surface area contributed by atoms with E-state index in [2.05, 4.69) is 12.2 Å². The van der Waals surface area contributed by atoms with Crippen molar-refractivity contribution in [3.63, 3.8) is 0 Å². The molecule has 1 amide bonds. The minimum Gasteiger partial charge on any atom is -0.381 e. The molecule has 1 saturated carbocycles. The molecule has 0 unspecified atom stereocenters. The lowest BCUT2D eigenvalue weighted by molar-refractivity contribution is -0.124. The summed E-state index contributed by atoms with van der Waals surface area (Å²) >= 11 is 0. The summed E-state index contributed by atoms with van der Waals surface area (Å²) in [7, 11) is 0. The van der Waals surface area contributed by atoms with Crippen LogP contribution in [-0.2, 0) is 19.1 Å². The third kappa shape index (κ3) is 12.1. The molecular weight excluding hydrogens is 318 g/mol. The minimum atomic E-state index is 0.0532. The number of ether oxygens (including phenoxy) is 2. The Morgan fingerprint density at radius 1 is 0.920 bits per heavy atom. The molecule has 0 aliphatic heterocycles. The first-order valence-electron chi connectivity index (χ1n) is 10.1. The Kier molecular flexibility index (Phi) is 15.9. The summed E-state index contributed by atoms with van der Waals surface area (Å²) in [4.78, 5) is 23.5. The average molecular weight is 358 g/mol. The minimum absolute atomic E-state index is 0.0532. The Morgan fingerprint density at radius 2 is 1.52 bits per heavy atom. The normalized spacial score (nSPS) is 19.7. The van der Waals surface area contributed by atoms with Crippen LogP contribution in [0.4, 0.5) is 0 Å². The zero-order valence-electron chi connectivity index (χ0n) is 16.8. The highest BCUT2D eigenvalue weighted by Gasteiger charge is 2.25. The van der Waals surface area contributed by atoms with E-state index in [1.54, 1.807) is 0 Å². The summed E-state index contributed by atoms with van der Waals surface area (Å²) in [5.41, 5.74) is 0. The van der Waals surface area contributed by atoms with Crippen LogP contribution in [0.5, 0.6) is 0 Å². The molecule has 0 radical (unpaired) electrons. The van der Waals surface area contributed by atoms with Crippen molar-refractivity contribution < 1.29 is 19.1 Å². The van der Waals surface area contributed by atoms with Gasteiger partial charge in [0.15, 0.2) is 0 Å². The van der Waals surface area contributed by atoms with Gasteiger partial charge < -0.3 is 14.8 Å². The summed E-state index contributed by atoms with van der Waals surface area (Å²) < 4.78 is 10.8. The number of carbonyl (C=O) groups is 2. The van der Waals surface area contributed by atoms with Crippen molar-refractivity contribution in [3.8, 4) is 0 Å². The number of Topliss-reactive ketones (excluding diaryl/α,β-unsaturated/α-hetero) is 1. The second kappa shape index (κ2) is 16.5. The van der Waals surface area contributed by atoms with Gasteiger partial charge in [-0.05, 0) is 38.5 Å². The molecule has 0 aromatic rings. The third-order valence-electron chi connectivity index (χ3n) is 4.30. The average Bonchev–Trinajstić information content (AvgIpc) is 2.65. The summed E-state index contributed by atoms with van der Waals surface area (Å²) in [6, 6.07) is 0.228. The van der Waals surface area contributed by atoms with Crippen molar-refractivity contribution in [2.24, 2.45) is 5.92 Å². The van der Waals surface area contributed by atoms with E-state index in [0.717, 1.165) is 51.7 Å². The smallest absolute Gasteiger partial charge is 0.222 e. The SMILES string of the molecule is CC.CCCOCCCOCCC(=O)NC1CCC(C(=O)CC)CC1. The fourth-order valence-electron chi connectivity index (χ4n) is 2.92. The van der Waals surface area contributed by atoms with Crippen LogP contribution in [0.2, 0.25) is 0 Å². The first-order valence-corrected chi connectivity index (χ1v) is 10.1. The van der Waals surface area contributed by atoms with E-state index in [1.807, 2.05) is 20.8 Å². The Morgan fingerprint density at radius 3 is 2.08 bits per heavy atom. The van der Waals surface area contributed by atoms with Gasteiger partial charge in [-0.15, -0.1) is 0 Å². The van der Waals surface area contributed by atoms with E-state index >= 15 is 0 Å². The van der Waals surface area contributed by atoms with Crippen LogP contribution >= 0.6 is 0 Å². The topological polar surface area (TPSA) is 64.6 Å². The standard InChI is InChI=1S/C18H33NO4.C2H6/c1-3-11-22-12-5-13-23-14-10-18(21)19-16-8-6-15(7-9-16)17(20)4-2;1-2/h15-16H,3-14H2,1-2H3,(H,19,21);1-2H3. The lowest BCUT2D eigenvalue weighted by Crippen LogP contribution is -2.39. The van der Waals surface area contributed by atoms with Crippen molar-refractivity contribution in [1.29, 1.82) is 0 Å². The molecule has 1 aliphatic rings. The lowest BCUT2D eigenvalue weighted by atomic mass is 9.83. The maximum atomic E-state index is 11.9. The molecule has 0 aromatic heterocycles. The Balaban J connectivity index is 0.00000277. The number of amides is 1. The molecule has 0 spiro atoms. The van der Waals surface area contributed by atoms with E-state index in [-0.39, 0.29) is 17.9 Å². The van der Waals surface area contributed by atoms with Gasteiger partial charge in [0.2, 0.25) is 5.91 Å². The predicted molar refractivity (Wildman–Crippen MR) is 102 cm³/mol. The monoisotopic (exact) mass is 357 g/mol. The molecule has 148 valence electrons. The van der Waals surface area contributed by atoms with Crippen molar-refractivity contribution in [2.45, 2.75) is 85.1 Å². The van der Waals surface area contributed by atoms with Gasteiger partial charge in [-0.3, -0.25) is 9.59 Å². The van der Waals surface area contributed by atoms with Crippen LogP contribution < -0.4 is 5.32 Å². The zero-order valence-corrected chi connectivity index (χ0v) is 16.8. The number of nitrogens with one attached hydrogen (secondary N) is 1. The number of hydrogen-bond acceptors (Lipinski definition) is 4. The quantitative estimate of drug-likeness (QED) is 0.538. The molecule has 25 heavy (non-hydrogen) atoms. The summed E-state index contributed by atoms with van der Waals surface area (Å²) in [6.45, 7) is 10.6. The first kappa shape index (κ1) is 24.1. The van der Waals surface area contributed by atoms with Gasteiger partial charge in [0.1, 0.15) is 5.78 Å². The molecule has 0 saturated heterocycles. The summed E-state index contributed by atoms with van der Waals surface area (Å²) in [5.74, 6) is 0.634. The van der Waals surface area contributed by atoms with Crippen molar-refractivity contribution >= 4 is 11.7 Å². The molecule has 1 aliphatic carbocycles. The molecule has 0 aromatic carbocycles. The van der Waals surface area contributed by atoms with Crippen LogP contribution in [0.1, 0.15) is 79.1 Å². The number of carbonyl (C=O) groups excluding carboxylic acids is 2. The van der Waals surface area contributed by atoms with Gasteiger partial charge in [0.25, 0.3) is 0 Å². The zero-order chi connectivity index (χ0) is 18.9. The van der Waals surface area contributed by atoms with Gasteiger partial charge in [-0.2, -0.15) is 0 Å². The number of hydrogen-bond donors (Lipinski definition) is 1. The third-order valence-corrected chi connectivity index (χ3v) is 4.30. The maximum absolute atomic E-state index is 11.9. The van der Waals surface area contributed by atoms with E-state index in [9.17, 15) is 9.59 Å². The van der Waals surface area contributed by atoms with Crippen molar-refractivity contribution in [3.05, 3.63) is 0 Å². The molecule has 5 heteroatoms. The number of ketones is 1. The Bertz CT molecular complexity index is 339. The fraction of sp³-hybridized carbons (Fsp3) is 0.900. The van der Waals surface area contributed by atoms with Crippen molar-refractivity contribution in [1.82, 2.24) is 5.32 Å². The molecular formula is C20H39NO4. The Labute approximate surface area is 154 Å². The molecule has 1 N–H and O–H groups in total. The first-order chi connectivity index (χ1) is 12.2. The second-order valence-electron chi connectivity index (χ2n) is 6.26. The highest BCUT2D eigenvalue weighted by Crippen LogP contribution is 2.25. The van der Waals surface area contributed by atoms with Gasteiger partial charge in [0, 0.05) is 44.6 Å². The van der Waals surface area contributed by atoms with Crippen LogP contribution in [-0.4, -0.2) is 44.2 Å². The molecule has 0 atom stereocenters. The van der Waals surface area contributed by atoms with Gasteiger partial charge in [-0.25, -0.2) is 0 Å². The predicted octanol–water partition coefficient (Wildman–Crippen LogP) is 3.89. The highest BCUT2D eigenvalue weighted by atomic mass is 16.5. The summed E-state index contributed by atoms with van der Waals surface area (Å²) in [6.07, 6.45) is 6.59. The van der Waals surface area contributed by atoms with Crippen LogP contribution in [0.3, 0.4) is 0 Å². The van der Waals surface area contributed by atoms with Crippen LogP contribution in [0.25, 0.3) is 0 Å². The number of rotatable bonds is 12. The molecule has 1 rings (SSSR count).